The highest BCUT2D eigenvalue weighted by atomic mass is 19.4. The molecule has 1 aromatic heterocycles. The predicted octanol–water partition coefficient (Wildman–Crippen LogP) is 2.60. The van der Waals surface area contributed by atoms with Crippen molar-refractivity contribution in [3.8, 4) is 0 Å². The van der Waals surface area contributed by atoms with Gasteiger partial charge in [-0.05, 0) is 6.42 Å². The summed E-state index contributed by atoms with van der Waals surface area (Å²) in [7, 11) is 0. The zero-order valence-electron chi connectivity index (χ0n) is 9.96. The van der Waals surface area contributed by atoms with Gasteiger partial charge in [-0.2, -0.15) is 31.4 Å². The molecule has 0 N–H and O–H groups in total. The molecule has 10 heteroatoms. The van der Waals surface area contributed by atoms with Crippen molar-refractivity contribution in [2.45, 2.75) is 25.3 Å². The molecule has 0 aromatic carbocycles. The summed E-state index contributed by atoms with van der Waals surface area (Å²) in [6.45, 7) is -1.56. The Morgan fingerprint density at radius 3 is 2.45 bits per heavy atom. The average molecular weight is 304 g/mol. The molecule has 0 aliphatic carbocycles. The zero-order chi connectivity index (χ0) is 15.4. The second-order valence-electron chi connectivity index (χ2n) is 3.84. The number of hydrogen-bond acceptors (Lipinski definition) is 3. The summed E-state index contributed by atoms with van der Waals surface area (Å²) < 4.78 is 76.8. The quantitative estimate of drug-likeness (QED) is 0.461. The normalized spacial score (nSPS) is 12.7. The standard InChI is InChI=1S/C10H10F6N2O2/c11-9(12,13)6-20-3-1-2-18-5-7(4-17-18)8(19)10(14,15)16/h4-5H,1-3,6H2. The first kappa shape index (κ1) is 16.5. The number of carbonyl (C=O) groups is 1. The van der Waals surface area contributed by atoms with Crippen LogP contribution in [0.2, 0.25) is 0 Å². The third-order valence-corrected chi connectivity index (χ3v) is 2.09. The highest BCUT2D eigenvalue weighted by Crippen LogP contribution is 2.21. The molecule has 1 heterocycles. The first-order valence-corrected chi connectivity index (χ1v) is 5.38. The molecule has 0 aliphatic heterocycles. The van der Waals surface area contributed by atoms with Gasteiger partial charge in [0.1, 0.15) is 6.61 Å². The van der Waals surface area contributed by atoms with Crippen molar-refractivity contribution in [3.05, 3.63) is 18.0 Å². The lowest BCUT2D eigenvalue weighted by atomic mass is 10.2. The number of ketones is 1. The number of Topliss-reactive ketones (excluding diaryl/α,β-unsaturated/α-hetero) is 1. The maximum atomic E-state index is 12.1. The van der Waals surface area contributed by atoms with Crippen LogP contribution in [0.4, 0.5) is 26.3 Å². The molecular weight excluding hydrogens is 294 g/mol. The molecule has 0 spiro atoms. The van der Waals surface area contributed by atoms with E-state index in [0.717, 1.165) is 17.1 Å². The highest BCUT2D eigenvalue weighted by Gasteiger charge is 2.39. The van der Waals surface area contributed by atoms with E-state index in [4.69, 9.17) is 0 Å². The lowest BCUT2D eigenvalue weighted by Crippen LogP contribution is -2.22. The Bertz CT molecular complexity index is 451. The number of aryl methyl sites for hydroxylation is 1. The largest absolute Gasteiger partial charge is 0.454 e. The SMILES string of the molecule is O=C(c1cnn(CCCOCC(F)(F)F)c1)C(F)(F)F. The Kier molecular flexibility index (Phi) is 5.15. The molecule has 0 saturated heterocycles. The fraction of sp³-hybridized carbons (Fsp3) is 0.600. The highest BCUT2D eigenvalue weighted by molar-refractivity contribution is 5.99. The molecule has 4 nitrogen and oxygen atoms in total. The minimum absolute atomic E-state index is 0.0446. The molecule has 1 rings (SSSR count). The Hall–Kier alpha value is -1.58. The van der Waals surface area contributed by atoms with E-state index in [2.05, 4.69) is 9.84 Å². The van der Waals surface area contributed by atoms with Crippen LogP contribution in [-0.2, 0) is 11.3 Å². The minimum Gasteiger partial charge on any atom is -0.372 e. The van der Waals surface area contributed by atoms with Crippen LogP contribution in [0.25, 0.3) is 0 Å². The van der Waals surface area contributed by atoms with E-state index in [-0.39, 0.29) is 19.6 Å². The third-order valence-electron chi connectivity index (χ3n) is 2.09. The smallest absolute Gasteiger partial charge is 0.372 e. The van der Waals surface area contributed by atoms with Gasteiger partial charge >= 0.3 is 12.4 Å². The van der Waals surface area contributed by atoms with Crippen LogP contribution < -0.4 is 0 Å². The molecule has 0 atom stereocenters. The van der Waals surface area contributed by atoms with Gasteiger partial charge in [0.25, 0.3) is 5.78 Å². The number of nitrogens with zero attached hydrogens (tertiary/aromatic N) is 2. The van der Waals surface area contributed by atoms with E-state index in [1.807, 2.05) is 0 Å². The van der Waals surface area contributed by atoms with E-state index in [1.165, 1.54) is 0 Å². The van der Waals surface area contributed by atoms with Gasteiger partial charge in [0.15, 0.2) is 0 Å². The van der Waals surface area contributed by atoms with Crippen molar-refractivity contribution in [1.82, 2.24) is 9.78 Å². The van der Waals surface area contributed by atoms with Crippen molar-refractivity contribution in [2.24, 2.45) is 0 Å². The van der Waals surface area contributed by atoms with Gasteiger partial charge in [-0.1, -0.05) is 0 Å². The zero-order valence-corrected chi connectivity index (χ0v) is 9.96. The van der Waals surface area contributed by atoms with Crippen molar-refractivity contribution < 1.29 is 35.9 Å². The third kappa shape index (κ3) is 5.59. The van der Waals surface area contributed by atoms with Gasteiger partial charge < -0.3 is 4.74 Å². The second kappa shape index (κ2) is 6.25. The molecule has 0 fully saturated rings. The minimum atomic E-state index is -4.98. The van der Waals surface area contributed by atoms with Crippen LogP contribution in [-0.4, -0.2) is 41.1 Å². The van der Waals surface area contributed by atoms with E-state index in [9.17, 15) is 31.1 Å². The van der Waals surface area contributed by atoms with Crippen molar-refractivity contribution >= 4 is 5.78 Å². The molecule has 1 aromatic rings. The lowest BCUT2D eigenvalue weighted by molar-refractivity contribution is -0.174. The van der Waals surface area contributed by atoms with Crippen molar-refractivity contribution in [2.75, 3.05) is 13.2 Å². The maximum Gasteiger partial charge on any atom is 0.454 e. The number of alkyl halides is 6. The van der Waals surface area contributed by atoms with Gasteiger partial charge in [-0.15, -0.1) is 0 Å². The molecule has 0 aliphatic rings. The van der Waals surface area contributed by atoms with Crippen molar-refractivity contribution in [3.63, 3.8) is 0 Å². The second-order valence-corrected chi connectivity index (χ2v) is 3.84. The summed E-state index contributed by atoms with van der Waals surface area (Å²) in [5, 5.41) is 3.52. The number of ether oxygens (including phenoxy) is 1. The molecule has 0 unspecified atom stereocenters. The molecule has 0 saturated carbocycles. The molecule has 114 valence electrons. The monoisotopic (exact) mass is 304 g/mol. The van der Waals surface area contributed by atoms with Crippen LogP contribution in [0.15, 0.2) is 12.4 Å². The van der Waals surface area contributed by atoms with Crippen LogP contribution in [0, 0.1) is 0 Å². The molecule has 20 heavy (non-hydrogen) atoms. The Morgan fingerprint density at radius 2 is 1.90 bits per heavy atom. The van der Waals surface area contributed by atoms with E-state index < -0.39 is 30.3 Å². The summed E-state index contributed by atoms with van der Waals surface area (Å²) in [6, 6.07) is 0. The molecule has 0 bridgehead atoms. The van der Waals surface area contributed by atoms with E-state index in [1.54, 1.807) is 0 Å². The first-order chi connectivity index (χ1) is 9.09. The number of carbonyl (C=O) groups excluding carboxylic acids is 1. The number of rotatable bonds is 6. The van der Waals surface area contributed by atoms with Gasteiger partial charge in [0, 0.05) is 19.3 Å². The Labute approximate surface area is 109 Å². The van der Waals surface area contributed by atoms with Crippen LogP contribution in [0.5, 0.6) is 0 Å². The summed E-state index contributed by atoms with van der Waals surface area (Å²) in [5.74, 6) is -2.02. The van der Waals surface area contributed by atoms with Gasteiger partial charge in [-0.3, -0.25) is 9.48 Å². The lowest BCUT2D eigenvalue weighted by Gasteiger charge is -2.07. The molecule has 0 radical (unpaired) electrons. The first-order valence-electron chi connectivity index (χ1n) is 5.38. The van der Waals surface area contributed by atoms with Gasteiger partial charge in [0.2, 0.25) is 0 Å². The fourth-order valence-electron chi connectivity index (χ4n) is 1.28. The van der Waals surface area contributed by atoms with E-state index >= 15 is 0 Å². The Morgan fingerprint density at radius 1 is 1.25 bits per heavy atom. The Balaban J connectivity index is 2.36. The summed E-state index contributed by atoms with van der Waals surface area (Å²) in [4.78, 5) is 10.8. The summed E-state index contributed by atoms with van der Waals surface area (Å²) in [5.41, 5.74) is -0.617. The molecule has 0 amide bonds. The van der Waals surface area contributed by atoms with Gasteiger partial charge in [0.05, 0.1) is 11.8 Å². The van der Waals surface area contributed by atoms with Crippen molar-refractivity contribution in [1.29, 1.82) is 0 Å². The van der Waals surface area contributed by atoms with Crippen LogP contribution >= 0.6 is 0 Å². The topological polar surface area (TPSA) is 44.1 Å². The average Bonchev–Trinajstić information content (AvgIpc) is 2.73. The van der Waals surface area contributed by atoms with E-state index in [0.29, 0.717) is 0 Å². The van der Waals surface area contributed by atoms with Gasteiger partial charge in [-0.25, -0.2) is 0 Å². The number of hydrogen-bond donors (Lipinski definition) is 0. The maximum absolute atomic E-state index is 12.1. The van der Waals surface area contributed by atoms with Crippen LogP contribution in [0.1, 0.15) is 16.8 Å². The molecular formula is C10H10F6N2O2. The summed E-state index contributed by atoms with van der Waals surface area (Å²) in [6.07, 6.45) is -7.63. The van der Waals surface area contributed by atoms with Crippen LogP contribution in [0.3, 0.4) is 0 Å². The summed E-state index contributed by atoms with van der Waals surface area (Å²) >= 11 is 0. The fourth-order valence-corrected chi connectivity index (χ4v) is 1.28. The number of aromatic nitrogens is 2. The number of halogens is 6. The predicted molar refractivity (Wildman–Crippen MR) is 54.1 cm³/mol.